The second kappa shape index (κ2) is 8.65. The zero-order valence-corrected chi connectivity index (χ0v) is 17.3. The van der Waals surface area contributed by atoms with E-state index in [0.717, 1.165) is 32.2 Å². The lowest BCUT2D eigenvalue weighted by Crippen LogP contribution is -2.45. The third-order valence-electron chi connectivity index (χ3n) is 5.72. The van der Waals surface area contributed by atoms with Gasteiger partial charge in [-0.25, -0.2) is 0 Å². The number of amides is 2. The molecule has 1 unspecified atom stereocenters. The molecule has 1 saturated heterocycles. The average molecular weight is 410 g/mol. The van der Waals surface area contributed by atoms with Crippen molar-refractivity contribution in [1.82, 2.24) is 4.90 Å². The highest BCUT2D eigenvalue weighted by atomic mass is 16.5. The number of nitrogens with zero attached hydrogens (tertiary/aromatic N) is 1. The van der Waals surface area contributed by atoms with Crippen molar-refractivity contribution in [3.63, 3.8) is 0 Å². The van der Waals surface area contributed by atoms with Crippen LogP contribution < -0.4 is 19.5 Å². The summed E-state index contributed by atoms with van der Waals surface area (Å²) < 4.78 is 16.4. The molecule has 1 N–H and O–H groups in total. The largest absolute Gasteiger partial charge is 0.497 e. The maximum atomic E-state index is 13.2. The standard InChI is InChI=1S/C23H26N2O5/c1-28-17-7-8-18(21(14-17)29-2)22(26)24-15-6-9-20-19(13-15)23(27)25-11-4-3-5-16(25)10-12-30-20/h6-9,13-14,16H,3-5,10-12H2,1-2H3,(H,24,26). The first-order chi connectivity index (χ1) is 14.6. The van der Waals surface area contributed by atoms with E-state index in [9.17, 15) is 9.59 Å². The van der Waals surface area contributed by atoms with Gasteiger partial charge >= 0.3 is 0 Å². The predicted octanol–water partition coefficient (Wildman–Crippen LogP) is 3.73. The van der Waals surface area contributed by atoms with Crippen molar-refractivity contribution >= 4 is 17.5 Å². The fourth-order valence-corrected chi connectivity index (χ4v) is 4.11. The molecule has 2 heterocycles. The van der Waals surface area contributed by atoms with Gasteiger partial charge in [0.15, 0.2) is 0 Å². The Labute approximate surface area is 175 Å². The first-order valence-electron chi connectivity index (χ1n) is 10.2. The van der Waals surface area contributed by atoms with Gasteiger partial charge in [0.1, 0.15) is 17.2 Å². The van der Waals surface area contributed by atoms with Crippen molar-refractivity contribution < 1.29 is 23.8 Å². The molecule has 0 saturated carbocycles. The van der Waals surface area contributed by atoms with Gasteiger partial charge in [0.2, 0.25) is 0 Å². The molecule has 0 bridgehead atoms. The summed E-state index contributed by atoms with van der Waals surface area (Å²) in [6, 6.07) is 10.4. The van der Waals surface area contributed by atoms with Gasteiger partial charge in [-0.15, -0.1) is 0 Å². The minimum Gasteiger partial charge on any atom is -0.497 e. The Bertz CT molecular complexity index is 959. The zero-order chi connectivity index (χ0) is 21.1. The fraction of sp³-hybridized carbons (Fsp3) is 0.391. The van der Waals surface area contributed by atoms with Crippen molar-refractivity contribution in [3.8, 4) is 17.2 Å². The first kappa shape index (κ1) is 20.1. The highest BCUT2D eigenvalue weighted by molar-refractivity contribution is 6.07. The van der Waals surface area contributed by atoms with E-state index in [1.807, 2.05) is 4.90 Å². The monoisotopic (exact) mass is 410 g/mol. The first-order valence-corrected chi connectivity index (χ1v) is 10.2. The van der Waals surface area contributed by atoms with Gasteiger partial charge in [-0.2, -0.15) is 0 Å². The predicted molar refractivity (Wildman–Crippen MR) is 113 cm³/mol. The number of rotatable bonds is 4. The molecule has 2 aliphatic rings. The highest BCUT2D eigenvalue weighted by Crippen LogP contribution is 2.31. The van der Waals surface area contributed by atoms with E-state index in [2.05, 4.69) is 5.32 Å². The number of carbonyl (C=O) groups is 2. The van der Waals surface area contributed by atoms with Crippen molar-refractivity contribution in [2.24, 2.45) is 0 Å². The SMILES string of the molecule is COc1ccc(C(=O)Nc2ccc3c(c2)C(=O)N2CCCCC2CCO3)c(OC)c1. The summed E-state index contributed by atoms with van der Waals surface area (Å²) in [7, 11) is 3.06. The van der Waals surface area contributed by atoms with Gasteiger partial charge < -0.3 is 24.4 Å². The summed E-state index contributed by atoms with van der Waals surface area (Å²) in [6.07, 6.45) is 4.02. The molecule has 1 fully saturated rings. The van der Waals surface area contributed by atoms with Crippen molar-refractivity contribution in [3.05, 3.63) is 47.5 Å². The van der Waals surface area contributed by atoms with E-state index in [1.54, 1.807) is 43.5 Å². The fourth-order valence-electron chi connectivity index (χ4n) is 4.11. The second-order valence-corrected chi connectivity index (χ2v) is 7.52. The number of anilines is 1. The van der Waals surface area contributed by atoms with Crippen LogP contribution in [0, 0.1) is 0 Å². The summed E-state index contributed by atoms with van der Waals surface area (Å²) in [5.41, 5.74) is 1.40. The lowest BCUT2D eigenvalue weighted by molar-refractivity contribution is 0.0548. The molecule has 7 nitrogen and oxygen atoms in total. The van der Waals surface area contributed by atoms with Crippen LogP contribution in [0.15, 0.2) is 36.4 Å². The average Bonchev–Trinajstić information content (AvgIpc) is 2.78. The molecule has 0 radical (unpaired) electrons. The van der Waals surface area contributed by atoms with E-state index in [1.165, 1.54) is 7.11 Å². The molecule has 0 spiro atoms. The Morgan fingerprint density at radius 3 is 2.77 bits per heavy atom. The molecule has 158 valence electrons. The van der Waals surface area contributed by atoms with Crippen LogP contribution in [0.4, 0.5) is 5.69 Å². The number of fused-ring (bicyclic) bond motifs is 2. The molecule has 2 aromatic rings. The Morgan fingerprint density at radius 2 is 1.97 bits per heavy atom. The molecular weight excluding hydrogens is 384 g/mol. The lowest BCUT2D eigenvalue weighted by atomic mass is 9.97. The molecule has 7 heteroatoms. The van der Waals surface area contributed by atoms with Gasteiger partial charge in [0.05, 0.1) is 32.0 Å². The van der Waals surface area contributed by atoms with E-state index in [4.69, 9.17) is 14.2 Å². The van der Waals surface area contributed by atoms with E-state index in [0.29, 0.717) is 40.7 Å². The van der Waals surface area contributed by atoms with E-state index >= 15 is 0 Å². The Hall–Kier alpha value is -3.22. The van der Waals surface area contributed by atoms with Crippen molar-refractivity contribution in [2.45, 2.75) is 31.7 Å². The Kier molecular flexibility index (Phi) is 5.79. The van der Waals surface area contributed by atoms with Gasteiger partial charge in [-0.05, 0) is 49.6 Å². The number of methoxy groups -OCH3 is 2. The topological polar surface area (TPSA) is 77.1 Å². The van der Waals surface area contributed by atoms with Crippen LogP contribution in [0.2, 0.25) is 0 Å². The van der Waals surface area contributed by atoms with Crippen LogP contribution in [0.5, 0.6) is 17.2 Å². The molecule has 4 rings (SSSR count). The number of benzene rings is 2. The smallest absolute Gasteiger partial charge is 0.259 e. The van der Waals surface area contributed by atoms with Gasteiger partial charge in [-0.1, -0.05) is 0 Å². The van der Waals surface area contributed by atoms with Crippen LogP contribution in [-0.2, 0) is 0 Å². The Balaban J connectivity index is 1.59. The highest BCUT2D eigenvalue weighted by Gasteiger charge is 2.31. The molecular formula is C23H26N2O5. The number of hydrogen-bond acceptors (Lipinski definition) is 5. The number of piperidine rings is 1. The Morgan fingerprint density at radius 1 is 1.10 bits per heavy atom. The number of carbonyl (C=O) groups excluding carboxylic acids is 2. The summed E-state index contributed by atoms with van der Waals surface area (Å²) >= 11 is 0. The third kappa shape index (κ3) is 3.92. The minimum absolute atomic E-state index is 0.0347. The number of hydrogen-bond donors (Lipinski definition) is 1. The number of nitrogens with one attached hydrogen (secondary N) is 1. The summed E-state index contributed by atoms with van der Waals surface area (Å²) in [4.78, 5) is 28.0. The van der Waals surface area contributed by atoms with Gasteiger partial charge in [0, 0.05) is 30.8 Å². The molecule has 0 aromatic heterocycles. The van der Waals surface area contributed by atoms with Gasteiger partial charge in [0.25, 0.3) is 11.8 Å². The quantitative estimate of drug-likeness (QED) is 0.831. The van der Waals surface area contributed by atoms with Crippen LogP contribution >= 0.6 is 0 Å². The number of ether oxygens (including phenoxy) is 3. The summed E-state index contributed by atoms with van der Waals surface area (Å²) in [5, 5.41) is 2.86. The van der Waals surface area contributed by atoms with Crippen LogP contribution in [0.25, 0.3) is 0 Å². The lowest BCUT2D eigenvalue weighted by Gasteiger charge is -2.37. The zero-order valence-electron chi connectivity index (χ0n) is 17.3. The molecule has 1 atom stereocenters. The second-order valence-electron chi connectivity index (χ2n) is 7.52. The molecule has 30 heavy (non-hydrogen) atoms. The van der Waals surface area contributed by atoms with Crippen LogP contribution in [0.3, 0.4) is 0 Å². The molecule has 2 aromatic carbocycles. The van der Waals surface area contributed by atoms with Gasteiger partial charge in [-0.3, -0.25) is 9.59 Å². The van der Waals surface area contributed by atoms with Crippen molar-refractivity contribution in [2.75, 3.05) is 32.7 Å². The minimum atomic E-state index is -0.329. The van der Waals surface area contributed by atoms with Crippen LogP contribution in [0.1, 0.15) is 46.4 Å². The van der Waals surface area contributed by atoms with E-state index in [-0.39, 0.29) is 17.9 Å². The maximum absolute atomic E-state index is 13.2. The van der Waals surface area contributed by atoms with Crippen LogP contribution in [-0.4, -0.2) is 50.1 Å². The summed E-state index contributed by atoms with van der Waals surface area (Å²) in [6.45, 7) is 1.35. The van der Waals surface area contributed by atoms with E-state index < -0.39 is 0 Å². The normalized spacial score (nSPS) is 18.3. The molecule has 2 amide bonds. The molecule has 0 aliphatic carbocycles. The van der Waals surface area contributed by atoms with Crippen molar-refractivity contribution in [1.29, 1.82) is 0 Å². The third-order valence-corrected chi connectivity index (χ3v) is 5.72. The maximum Gasteiger partial charge on any atom is 0.259 e. The molecule has 2 aliphatic heterocycles. The summed E-state index contributed by atoms with van der Waals surface area (Å²) in [5.74, 6) is 1.21.